The van der Waals surface area contributed by atoms with Gasteiger partial charge in [-0.15, -0.1) is 0 Å². The van der Waals surface area contributed by atoms with Gasteiger partial charge in [0.2, 0.25) is 0 Å². The number of nitrogens with two attached hydrogens (primary N) is 1. The molecule has 0 fully saturated rings. The Labute approximate surface area is 127 Å². The fourth-order valence-corrected chi connectivity index (χ4v) is 2.04. The van der Waals surface area contributed by atoms with E-state index in [0.29, 0.717) is 22.5 Å². The van der Waals surface area contributed by atoms with Gasteiger partial charge in [0.1, 0.15) is 0 Å². The van der Waals surface area contributed by atoms with Gasteiger partial charge in [0, 0.05) is 24.0 Å². The summed E-state index contributed by atoms with van der Waals surface area (Å²) in [6.45, 7) is 0. The molecule has 2 aromatic rings. The Morgan fingerprint density at radius 2 is 1.71 bits per heavy atom. The molecule has 0 aliphatic heterocycles. The Morgan fingerprint density at radius 1 is 1.05 bits per heavy atom. The third-order valence-corrected chi connectivity index (χ3v) is 3.18. The van der Waals surface area contributed by atoms with Crippen LogP contribution in [0.3, 0.4) is 0 Å². The van der Waals surface area contributed by atoms with Crippen LogP contribution in [0.2, 0.25) is 5.02 Å². The van der Waals surface area contributed by atoms with Crippen molar-refractivity contribution in [1.82, 2.24) is 5.32 Å². The molecular formula is C15H14ClN3O2. The Balaban J connectivity index is 2.14. The van der Waals surface area contributed by atoms with E-state index >= 15 is 0 Å². The second-order valence-electron chi connectivity index (χ2n) is 4.35. The number of nitrogens with one attached hydrogen (secondary N) is 2. The molecule has 0 radical (unpaired) electrons. The summed E-state index contributed by atoms with van der Waals surface area (Å²) in [6, 6.07) is 11.2. The zero-order valence-corrected chi connectivity index (χ0v) is 12.1. The van der Waals surface area contributed by atoms with E-state index in [1.165, 1.54) is 6.07 Å². The lowest BCUT2D eigenvalue weighted by Crippen LogP contribution is -2.18. The van der Waals surface area contributed by atoms with Crippen molar-refractivity contribution in [1.29, 1.82) is 0 Å². The monoisotopic (exact) mass is 303 g/mol. The molecule has 21 heavy (non-hydrogen) atoms. The van der Waals surface area contributed by atoms with Crippen LogP contribution >= 0.6 is 11.6 Å². The first-order chi connectivity index (χ1) is 10.0. The predicted molar refractivity (Wildman–Crippen MR) is 83.6 cm³/mol. The molecule has 0 unspecified atom stereocenters. The Morgan fingerprint density at radius 3 is 2.29 bits per heavy atom. The quantitative estimate of drug-likeness (QED) is 0.762. The van der Waals surface area contributed by atoms with Gasteiger partial charge in [0.15, 0.2) is 0 Å². The van der Waals surface area contributed by atoms with Crippen LogP contribution in [0.25, 0.3) is 0 Å². The Hall–Kier alpha value is -2.53. The van der Waals surface area contributed by atoms with Gasteiger partial charge in [-0.2, -0.15) is 0 Å². The first-order valence-electron chi connectivity index (χ1n) is 6.20. The van der Waals surface area contributed by atoms with E-state index in [1.54, 1.807) is 43.4 Å². The summed E-state index contributed by atoms with van der Waals surface area (Å²) in [5.74, 6) is -0.526. The zero-order valence-electron chi connectivity index (χ0n) is 11.3. The van der Waals surface area contributed by atoms with Crippen molar-refractivity contribution in [3.63, 3.8) is 0 Å². The highest BCUT2D eigenvalue weighted by atomic mass is 35.5. The van der Waals surface area contributed by atoms with Gasteiger partial charge in [-0.3, -0.25) is 9.59 Å². The molecule has 2 aromatic carbocycles. The van der Waals surface area contributed by atoms with Crippen LogP contribution in [-0.4, -0.2) is 18.9 Å². The molecule has 4 N–H and O–H groups in total. The lowest BCUT2D eigenvalue weighted by atomic mass is 10.1. The molecule has 0 saturated carbocycles. The topological polar surface area (TPSA) is 84.2 Å². The van der Waals surface area contributed by atoms with Crippen molar-refractivity contribution in [3.8, 4) is 0 Å². The van der Waals surface area contributed by atoms with Crippen molar-refractivity contribution in [2.75, 3.05) is 18.1 Å². The van der Waals surface area contributed by atoms with E-state index < -0.39 is 0 Å². The minimum Gasteiger partial charge on any atom is -0.399 e. The number of benzene rings is 2. The van der Waals surface area contributed by atoms with Crippen molar-refractivity contribution < 1.29 is 9.59 Å². The average molecular weight is 304 g/mol. The summed E-state index contributed by atoms with van der Waals surface area (Å²) < 4.78 is 0. The number of carbonyl (C=O) groups excluding carboxylic acids is 2. The van der Waals surface area contributed by atoms with Gasteiger partial charge in [0.05, 0.1) is 10.6 Å². The standard InChI is InChI=1S/C15H14ClN3O2/c1-18-14(20)9-2-5-11(6-3-9)19-15(21)12-7-4-10(17)8-13(12)16/h2-8H,17H2,1H3,(H,18,20)(H,19,21). The number of nitrogen functional groups attached to an aromatic ring is 1. The molecule has 0 saturated heterocycles. The highest BCUT2D eigenvalue weighted by Gasteiger charge is 2.11. The maximum Gasteiger partial charge on any atom is 0.257 e. The van der Waals surface area contributed by atoms with Crippen LogP contribution in [0.1, 0.15) is 20.7 Å². The molecule has 0 atom stereocenters. The fraction of sp³-hybridized carbons (Fsp3) is 0.0667. The summed E-state index contributed by atoms with van der Waals surface area (Å²) in [5, 5.41) is 5.52. The molecule has 2 amide bonds. The van der Waals surface area contributed by atoms with Gasteiger partial charge < -0.3 is 16.4 Å². The van der Waals surface area contributed by atoms with Crippen LogP contribution < -0.4 is 16.4 Å². The maximum absolute atomic E-state index is 12.1. The molecule has 6 heteroatoms. The van der Waals surface area contributed by atoms with Gasteiger partial charge in [0.25, 0.3) is 11.8 Å². The molecule has 2 rings (SSSR count). The number of hydrogen-bond acceptors (Lipinski definition) is 3. The van der Waals surface area contributed by atoms with Crippen LogP contribution in [0.4, 0.5) is 11.4 Å². The number of rotatable bonds is 3. The molecule has 5 nitrogen and oxygen atoms in total. The largest absolute Gasteiger partial charge is 0.399 e. The first-order valence-corrected chi connectivity index (χ1v) is 6.57. The van der Waals surface area contributed by atoms with Gasteiger partial charge in [-0.1, -0.05) is 11.6 Å². The van der Waals surface area contributed by atoms with Gasteiger partial charge in [-0.05, 0) is 42.5 Å². The molecule has 0 aliphatic rings. The predicted octanol–water partition coefficient (Wildman–Crippen LogP) is 2.53. The van der Waals surface area contributed by atoms with Gasteiger partial charge >= 0.3 is 0 Å². The van der Waals surface area contributed by atoms with E-state index in [-0.39, 0.29) is 16.8 Å². The summed E-state index contributed by atoms with van der Waals surface area (Å²) in [5.41, 5.74) is 7.50. The number of hydrogen-bond donors (Lipinski definition) is 3. The zero-order chi connectivity index (χ0) is 15.4. The van der Waals surface area contributed by atoms with Crippen LogP contribution in [0.5, 0.6) is 0 Å². The minimum atomic E-state index is -0.340. The normalized spacial score (nSPS) is 10.0. The molecule has 0 aromatic heterocycles. The number of amides is 2. The van der Waals surface area contributed by atoms with Crippen molar-refractivity contribution >= 4 is 34.8 Å². The molecule has 108 valence electrons. The van der Waals surface area contributed by atoms with E-state index in [9.17, 15) is 9.59 Å². The molecule has 0 spiro atoms. The van der Waals surface area contributed by atoms with Crippen molar-refractivity contribution in [2.24, 2.45) is 0 Å². The second-order valence-corrected chi connectivity index (χ2v) is 4.76. The lowest BCUT2D eigenvalue weighted by molar-refractivity contribution is 0.0962. The minimum absolute atomic E-state index is 0.186. The fourth-order valence-electron chi connectivity index (χ4n) is 1.76. The summed E-state index contributed by atoms with van der Waals surface area (Å²) >= 11 is 5.98. The molecule has 0 heterocycles. The number of halogens is 1. The summed E-state index contributed by atoms with van der Waals surface area (Å²) in [6.07, 6.45) is 0. The van der Waals surface area contributed by atoms with E-state index in [1.807, 2.05) is 0 Å². The van der Waals surface area contributed by atoms with E-state index in [2.05, 4.69) is 10.6 Å². The van der Waals surface area contributed by atoms with E-state index in [0.717, 1.165) is 0 Å². The number of carbonyl (C=O) groups is 2. The summed E-state index contributed by atoms with van der Waals surface area (Å²) in [7, 11) is 1.56. The first kappa shape index (κ1) is 14.9. The third kappa shape index (κ3) is 3.52. The molecule has 0 bridgehead atoms. The third-order valence-electron chi connectivity index (χ3n) is 2.87. The van der Waals surface area contributed by atoms with Crippen LogP contribution in [0.15, 0.2) is 42.5 Å². The van der Waals surface area contributed by atoms with Crippen molar-refractivity contribution in [2.45, 2.75) is 0 Å². The molecular weight excluding hydrogens is 290 g/mol. The van der Waals surface area contributed by atoms with Crippen LogP contribution in [0, 0.1) is 0 Å². The molecule has 0 aliphatic carbocycles. The highest BCUT2D eigenvalue weighted by Crippen LogP contribution is 2.20. The van der Waals surface area contributed by atoms with Crippen LogP contribution in [-0.2, 0) is 0 Å². The highest BCUT2D eigenvalue weighted by molar-refractivity contribution is 6.34. The van der Waals surface area contributed by atoms with Crippen molar-refractivity contribution in [3.05, 3.63) is 58.6 Å². The van der Waals surface area contributed by atoms with E-state index in [4.69, 9.17) is 17.3 Å². The SMILES string of the molecule is CNC(=O)c1ccc(NC(=O)c2ccc(N)cc2Cl)cc1. The Bertz CT molecular complexity index is 684. The second kappa shape index (κ2) is 6.28. The lowest BCUT2D eigenvalue weighted by Gasteiger charge is -2.08. The smallest absolute Gasteiger partial charge is 0.257 e. The Kier molecular flexibility index (Phi) is 4.45. The maximum atomic E-state index is 12.1. The average Bonchev–Trinajstić information content (AvgIpc) is 2.47. The van der Waals surface area contributed by atoms with Gasteiger partial charge in [-0.25, -0.2) is 0 Å². The summed E-state index contributed by atoms with van der Waals surface area (Å²) in [4.78, 5) is 23.5. The number of anilines is 2.